The van der Waals surface area contributed by atoms with E-state index in [1.165, 1.54) is 4.90 Å². The molecule has 2 aliphatic rings. The van der Waals surface area contributed by atoms with E-state index in [-0.39, 0.29) is 18.2 Å². The zero-order valence-corrected chi connectivity index (χ0v) is 13.4. The van der Waals surface area contributed by atoms with Crippen LogP contribution in [0.1, 0.15) is 34.5 Å². The maximum absolute atomic E-state index is 12.8. The predicted octanol–water partition coefficient (Wildman–Crippen LogP) is 0.296. The van der Waals surface area contributed by atoms with Crippen molar-refractivity contribution in [2.24, 2.45) is 5.73 Å². The third kappa shape index (κ3) is 2.51. The van der Waals surface area contributed by atoms with Gasteiger partial charge in [0.25, 0.3) is 5.91 Å². The molecule has 2 aliphatic heterocycles. The van der Waals surface area contributed by atoms with E-state index in [2.05, 4.69) is 15.5 Å². The maximum atomic E-state index is 12.8. The second-order valence-electron chi connectivity index (χ2n) is 6.21. The van der Waals surface area contributed by atoms with Gasteiger partial charge in [0, 0.05) is 36.3 Å². The molecule has 0 radical (unpaired) electrons. The fraction of sp³-hybridized carbons (Fsp3) is 0.294. The Morgan fingerprint density at radius 1 is 1.24 bits per heavy atom. The second-order valence-corrected chi connectivity index (χ2v) is 6.21. The Kier molecular flexibility index (Phi) is 3.61. The Morgan fingerprint density at radius 2 is 2.04 bits per heavy atom. The molecule has 8 heteroatoms. The van der Waals surface area contributed by atoms with Gasteiger partial charge in [-0.1, -0.05) is 12.1 Å². The highest BCUT2D eigenvalue weighted by atomic mass is 16.2. The van der Waals surface area contributed by atoms with Crippen molar-refractivity contribution in [3.8, 4) is 11.3 Å². The molecular weight excluding hydrogens is 322 g/mol. The Balaban J connectivity index is 1.68. The molecule has 1 fully saturated rings. The van der Waals surface area contributed by atoms with Crippen LogP contribution in [0.25, 0.3) is 11.3 Å². The number of benzene rings is 1. The molecule has 3 heterocycles. The maximum Gasteiger partial charge on any atom is 0.255 e. The zero-order chi connectivity index (χ0) is 17.6. The van der Waals surface area contributed by atoms with E-state index in [0.717, 1.165) is 22.5 Å². The van der Waals surface area contributed by atoms with Crippen LogP contribution >= 0.6 is 0 Å². The van der Waals surface area contributed by atoms with Gasteiger partial charge < -0.3 is 10.6 Å². The van der Waals surface area contributed by atoms with Crippen LogP contribution in [0, 0.1) is 0 Å². The second kappa shape index (κ2) is 5.82. The van der Waals surface area contributed by atoms with Crippen molar-refractivity contribution in [1.29, 1.82) is 0 Å². The van der Waals surface area contributed by atoms with Crippen LogP contribution in [0.5, 0.6) is 0 Å². The van der Waals surface area contributed by atoms with E-state index in [1.54, 1.807) is 12.1 Å². The smallest absolute Gasteiger partial charge is 0.255 e. The third-order valence-electron chi connectivity index (χ3n) is 4.71. The summed E-state index contributed by atoms with van der Waals surface area (Å²) in [5.74, 6) is -0.901. The molecule has 1 saturated heterocycles. The minimum atomic E-state index is -0.621. The van der Waals surface area contributed by atoms with Crippen LogP contribution in [0.4, 0.5) is 0 Å². The van der Waals surface area contributed by atoms with Crippen LogP contribution in [0.2, 0.25) is 0 Å². The molecule has 1 aromatic heterocycles. The number of amides is 3. The number of carbonyl (C=O) groups excluding carboxylic acids is 3. The molecule has 3 amide bonds. The Hall–Kier alpha value is -3.00. The van der Waals surface area contributed by atoms with Crippen LogP contribution in [0.3, 0.4) is 0 Å². The summed E-state index contributed by atoms with van der Waals surface area (Å²) in [5, 5.41) is 9.44. The van der Waals surface area contributed by atoms with Gasteiger partial charge in [0.05, 0.1) is 5.69 Å². The van der Waals surface area contributed by atoms with Crippen LogP contribution in [-0.4, -0.2) is 38.9 Å². The van der Waals surface area contributed by atoms with Crippen LogP contribution < -0.4 is 11.1 Å². The molecule has 1 unspecified atom stereocenters. The number of aromatic nitrogens is 2. The minimum Gasteiger partial charge on any atom is -0.325 e. The van der Waals surface area contributed by atoms with E-state index in [1.807, 2.05) is 12.1 Å². The predicted molar refractivity (Wildman–Crippen MR) is 88.0 cm³/mol. The van der Waals surface area contributed by atoms with Crippen LogP contribution in [-0.2, 0) is 22.7 Å². The standard InChI is InChI=1S/C17H17N5O3/c18-7-9-6-13(21-20-9)10-2-1-3-11-12(10)8-22(17(11)25)14-4-5-15(23)19-16(14)24/h1-3,6,14H,4-5,7-8,18H2,(H,20,21)(H,19,23,24). The summed E-state index contributed by atoms with van der Waals surface area (Å²) in [6.07, 6.45) is 0.585. The lowest BCUT2D eigenvalue weighted by Crippen LogP contribution is -2.52. The van der Waals surface area contributed by atoms with Gasteiger partial charge in [-0.05, 0) is 24.1 Å². The van der Waals surface area contributed by atoms with Gasteiger partial charge in [0.2, 0.25) is 11.8 Å². The summed E-state index contributed by atoms with van der Waals surface area (Å²) >= 11 is 0. The highest BCUT2D eigenvalue weighted by molar-refractivity contribution is 6.06. The molecular formula is C17H17N5O3. The number of aromatic amines is 1. The van der Waals surface area contributed by atoms with Gasteiger partial charge in [0.1, 0.15) is 6.04 Å². The quantitative estimate of drug-likeness (QED) is 0.694. The summed E-state index contributed by atoms with van der Waals surface area (Å²) in [4.78, 5) is 37.8. The normalized spacial score (nSPS) is 20.0. The van der Waals surface area contributed by atoms with Gasteiger partial charge in [-0.15, -0.1) is 0 Å². The number of rotatable bonds is 3. The van der Waals surface area contributed by atoms with Crippen molar-refractivity contribution in [3.63, 3.8) is 0 Å². The molecule has 1 aromatic carbocycles. The molecule has 0 saturated carbocycles. The lowest BCUT2D eigenvalue weighted by Gasteiger charge is -2.29. The monoisotopic (exact) mass is 339 g/mol. The summed E-state index contributed by atoms with van der Waals surface area (Å²) in [7, 11) is 0. The van der Waals surface area contributed by atoms with Crippen LogP contribution in [0.15, 0.2) is 24.3 Å². The third-order valence-corrected chi connectivity index (χ3v) is 4.71. The van der Waals surface area contributed by atoms with Gasteiger partial charge in [-0.25, -0.2) is 0 Å². The van der Waals surface area contributed by atoms with Crippen molar-refractivity contribution < 1.29 is 14.4 Å². The summed E-state index contributed by atoms with van der Waals surface area (Å²) in [6, 6.07) is 6.69. The highest BCUT2D eigenvalue weighted by Gasteiger charge is 2.39. The van der Waals surface area contributed by atoms with Crippen molar-refractivity contribution in [3.05, 3.63) is 41.1 Å². The molecule has 128 valence electrons. The van der Waals surface area contributed by atoms with Crippen molar-refractivity contribution in [2.45, 2.75) is 32.0 Å². The molecule has 1 atom stereocenters. The molecule has 0 bridgehead atoms. The summed E-state index contributed by atoms with van der Waals surface area (Å²) < 4.78 is 0. The SMILES string of the molecule is NCc1cc(-c2cccc3c2CN(C2CCC(=O)NC2=O)C3=O)n[nH]1. The number of H-pyrrole nitrogens is 1. The average Bonchev–Trinajstić information content (AvgIpc) is 3.20. The lowest BCUT2D eigenvalue weighted by atomic mass is 10.0. The number of piperidine rings is 1. The number of hydrogen-bond donors (Lipinski definition) is 3. The number of nitrogens with zero attached hydrogens (tertiary/aromatic N) is 2. The summed E-state index contributed by atoms with van der Waals surface area (Å²) in [5.41, 5.74) is 9.39. The summed E-state index contributed by atoms with van der Waals surface area (Å²) in [6.45, 7) is 0.671. The van der Waals surface area contributed by atoms with Crippen molar-refractivity contribution in [1.82, 2.24) is 20.4 Å². The molecule has 0 spiro atoms. The topological polar surface area (TPSA) is 121 Å². The Morgan fingerprint density at radius 3 is 2.76 bits per heavy atom. The van der Waals surface area contributed by atoms with Gasteiger partial charge in [-0.2, -0.15) is 5.10 Å². The van der Waals surface area contributed by atoms with Gasteiger partial charge in [-0.3, -0.25) is 24.8 Å². The Bertz CT molecular complexity index is 888. The van der Waals surface area contributed by atoms with E-state index in [4.69, 9.17) is 5.73 Å². The largest absolute Gasteiger partial charge is 0.325 e. The molecule has 8 nitrogen and oxygen atoms in total. The fourth-order valence-electron chi connectivity index (χ4n) is 3.43. The molecule has 2 aromatic rings. The van der Waals surface area contributed by atoms with Crippen molar-refractivity contribution >= 4 is 17.7 Å². The zero-order valence-electron chi connectivity index (χ0n) is 13.4. The average molecular weight is 339 g/mol. The van der Waals surface area contributed by atoms with Gasteiger partial charge >= 0.3 is 0 Å². The number of nitrogens with one attached hydrogen (secondary N) is 2. The number of imide groups is 1. The van der Waals surface area contributed by atoms with E-state index < -0.39 is 11.9 Å². The first-order valence-electron chi connectivity index (χ1n) is 8.09. The van der Waals surface area contributed by atoms with Crippen molar-refractivity contribution in [2.75, 3.05) is 0 Å². The minimum absolute atomic E-state index is 0.194. The molecule has 4 rings (SSSR count). The Labute approximate surface area is 143 Å². The van der Waals surface area contributed by atoms with Gasteiger partial charge in [0.15, 0.2) is 0 Å². The van der Waals surface area contributed by atoms with E-state index in [9.17, 15) is 14.4 Å². The molecule has 25 heavy (non-hydrogen) atoms. The lowest BCUT2D eigenvalue weighted by molar-refractivity contribution is -0.136. The first-order chi connectivity index (χ1) is 12.1. The highest BCUT2D eigenvalue weighted by Crippen LogP contribution is 2.34. The number of nitrogens with two attached hydrogens (primary N) is 1. The number of hydrogen-bond acceptors (Lipinski definition) is 5. The number of fused-ring (bicyclic) bond motifs is 1. The number of carbonyl (C=O) groups is 3. The van der Waals surface area contributed by atoms with E-state index >= 15 is 0 Å². The molecule has 4 N–H and O–H groups in total. The first-order valence-corrected chi connectivity index (χ1v) is 8.09. The fourth-order valence-corrected chi connectivity index (χ4v) is 3.43. The first kappa shape index (κ1) is 15.5. The molecule has 0 aliphatic carbocycles. The van der Waals surface area contributed by atoms with E-state index in [0.29, 0.717) is 25.1 Å².